The van der Waals surface area contributed by atoms with Gasteiger partial charge in [-0.3, -0.25) is 9.59 Å². The van der Waals surface area contributed by atoms with E-state index in [4.69, 9.17) is 11.6 Å². The summed E-state index contributed by atoms with van der Waals surface area (Å²) in [5, 5.41) is 3.34. The van der Waals surface area contributed by atoms with Crippen molar-refractivity contribution in [3.05, 3.63) is 40.9 Å². The second-order valence-corrected chi connectivity index (χ2v) is 4.29. The number of carbonyl (C=O) groups excluding carboxylic acids is 2. The van der Waals surface area contributed by atoms with Gasteiger partial charge in [0, 0.05) is 24.1 Å². The first kappa shape index (κ1) is 15.2. The molecule has 1 aromatic rings. The molecule has 0 heterocycles. The quantitative estimate of drug-likeness (QED) is 0.495. The molecule has 0 saturated carbocycles. The lowest BCUT2D eigenvalue weighted by Crippen LogP contribution is -2.22. The van der Waals surface area contributed by atoms with Crippen molar-refractivity contribution in [2.75, 3.05) is 13.7 Å². The molecule has 0 aromatic heterocycles. The van der Waals surface area contributed by atoms with Crippen LogP contribution in [0.1, 0.15) is 18.4 Å². The molecule has 1 aromatic carbocycles. The molecule has 0 bridgehead atoms. The lowest BCUT2D eigenvalue weighted by molar-refractivity contribution is -0.140. The minimum atomic E-state index is -0.272. The SMILES string of the molecule is COC(=O)CCCNC(=O)/C=C\c1ccc(Cl)cc1. The van der Waals surface area contributed by atoms with Gasteiger partial charge in [-0.1, -0.05) is 23.7 Å². The Hall–Kier alpha value is -1.81. The van der Waals surface area contributed by atoms with Gasteiger partial charge in [0.2, 0.25) is 5.91 Å². The highest BCUT2D eigenvalue weighted by Crippen LogP contribution is 2.10. The second-order valence-electron chi connectivity index (χ2n) is 3.86. The molecule has 0 unspecified atom stereocenters. The predicted octanol–water partition coefficient (Wildman–Crippen LogP) is 2.42. The zero-order valence-corrected chi connectivity index (χ0v) is 11.4. The molecule has 0 aliphatic carbocycles. The van der Waals surface area contributed by atoms with Crippen molar-refractivity contribution in [2.45, 2.75) is 12.8 Å². The fourth-order valence-corrected chi connectivity index (χ4v) is 1.48. The van der Waals surface area contributed by atoms with Gasteiger partial charge >= 0.3 is 5.97 Å². The number of halogens is 1. The summed E-state index contributed by atoms with van der Waals surface area (Å²) in [6.45, 7) is 0.443. The van der Waals surface area contributed by atoms with Crippen LogP contribution in [0.4, 0.5) is 0 Å². The molecule has 1 amide bonds. The van der Waals surface area contributed by atoms with Crippen LogP contribution in [0.5, 0.6) is 0 Å². The molecular formula is C14H16ClNO3. The topological polar surface area (TPSA) is 55.4 Å². The van der Waals surface area contributed by atoms with E-state index in [9.17, 15) is 9.59 Å². The van der Waals surface area contributed by atoms with Gasteiger partial charge < -0.3 is 10.1 Å². The molecule has 0 atom stereocenters. The van der Waals surface area contributed by atoms with Crippen LogP contribution in [0.25, 0.3) is 6.08 Å². The summed E-state index contributed by atoms with van der Waals surface area (Å²) in [7, 11) is 1.34. The third-order valence-electron chi connectivity index (χ3n) is 2.38. The number of hydrogen-bond acceptors (Lipinski definition) is 3. The molecule has 0 aliphatic rings. The van der Waals surface area contributed by atoms with Gasteiger partial charge in [-0.25, -0.2) is 0 Å². The minimum absolute atomic E-state index is 0.195. The molecule has 102 valence electrons. The summed E-state index contributed by atoms with van der Waals surface area (Å²) in [5.74, 6) is -0.467. The summed E-state index contributed by atoms with van der Waals surface area (Å²) in [5.41, 5.74) is 0.897. The molecule has 0 aliphatic heterocycles. The highest BCUT2D eigenvalue weighted by atomic mass is 35.5. The van der Waals surface area contributed by atoms with Crippen LogP contribution in [0.3, 0.4) is 0 Å². The van der Waals surface area contributed by atoms with E-state index in [0.29, 0.717) is 24.4 Å². The van der Waals surface area contributed by atoms with E-state index < -0.39 is 0 Å². The van der Waals surface area contributed by atoms with E-state index in [-0.39, 0.29) is 11.9 Å². The van der Waals surface area contributed by atoms with E-state index in [1.807, 2.05) is 12.1 Å². The predicted molar refractivity (Wildman–Crippen MR) is 74.7 cm³/mol. The second kappa shape index (κ2) is 8.32. The standard InChI is InChI=1S/C14H16ClNO3/c1-19-14(18)3-2-10-16-13(17)9-6-11-4-7-12(15)8-5-11/h4-9H,2-3,10H2,1H3,(H,16,17)/b9-6-. The molecule has 0 saturated heterocycles. The summed E-state index contributed by atoms with van der Waals surface area (Å²) in [6, 6.07) is 7.16. The van der Waals surface area contributed by atoms with Gasteiger partial charge in [-0.2, -0.15) is 0 Å². The van der Waals surface area contributed by atoms with E-state index in [0.717, 1.165) is 5.56 Å². The van der Waals surface area contributed by atoms with E-state index in [1.165, 1.54) is 13.2 Å². The fourth-order valence-electron chi connectivity index (χ4n) is 1.35. The van der Waals surface area contributed by atoms with Gasteiger partial charge in [0.05, 0.1) is 7.11 Å². The van der Waals surface area contributed by atoms with Gasteiger partial charge in [-0.05, 0) is 30.2 Å². The Bertz CT molecular complexity index is 454. The van der Waals surface area contributed by atoms with Crippen LogP contribution >= 0.6 is 11.6 Å². The molecule has 0 fully saturated rings. The zero-order chi connectivity index (χ0) is 14.1. The molecule has 1 N–H and O–H groups in total. The van der Waals surface area contributed by atoms with Gasteiger partial charge in [0.15, 0.2) is 0 Å². The Morgan fingerprint density at radius 1 is 1.32 bits per heavy atom. The van der Waals surface area contributed by atoms with Crippen LogP contribution in [0, 0.1) is 0 Å². The number of rotatable bonds is 6. The van der Waals surface area contributed by atoms with Crippen molar-refractivity contribution in [1.82, 2.24) is 5.32 Å². The lowest BCUT2D eigenvalue weighted by Gasteiger charge is -2.01. The van der Waals surface area contributed by atoms with Crippen molar-refractivity contribution in [3.63, 3.8) is 0 Å². The van der Waals surface area contributed by atoms with E-state index >= 15 is 0 Å². The van der Waals surface area contributed by atoms with Crippen LogP contribution in [0.2, 0.25) is 5.02 Å². The number of amides is 1. The van der Waals surface area contributed by atoms with Crippen molar-refractivity contribution in [2.24, 2.45) is 0 Å². The summed E-state index contributed by atoms with van der Waals surface area (Å²) >= 11 is 5.76. The highest BCUT2D eigenvalue weighted by molar-refractivity contribution is 6.30. The van der Waals surface area contributed by atoms with Crippen LogP contribution in [-0.4, -0.2) is 25.5 Å². The Balaban J connectivity index is 2.27. The summed E-state index contributed by atoms with van der Waals surface area (Å²) in [6.07, 6.45) is 4.01. The monoisotopic (exact) mass is 281 g/mol. The van der Waals surface area contributed by atoms with Crippen molar-refractivity contribution < 1.29 is 14.3 Å². The first-order valence-corrected chi connectivity index (χ1v) is 6.28. The molecule has 0 radical (unpaired) electrons. The Kier molecular flexibility index (Phi) is 6.68. The van der Waals surface area contributed by atoms with Gasteiger partial charge in [0.25, 0.3) is 0 Å². The number of esters is 1. The highest BCUT2D eigenvalue weighted by Gasteiger charge is 2.00. The normalized spacial score (nSPS) is 10.4. The van der Waals surface area contributed by atoms with Crippen molar-refractivity contribution in [3.8, 4) is 0 Å². The molecule has 19 heavy (non-hydrogen) atoms. The fraction of sp³-hybridized carbons (Fsp3) is 0.286. The molecular weight excluding hydrogens is 266 g/mol. The number of methoxy groups -OCH3 is 1. The average molecular weight is 282 g/mol. The Labute approximate surface area is 117 Å². The summed E-state index contributed by atoms with van der Waals surface area (Å²) in [4.78, 5) is 22.3. The minimum Gasteiger partial charge on any atom is -0.469 e. The van der Waals surface area contributed by atoms with Crippen molar-refractivity contribution >= 4 is 29.6 Å². The third kappa shape index (κ3) is 6.62. The number of benzene rings is 1. The number of nitrogens with one attached hydrogen (secondary N) is 1. The van der Waals surface area contributed by atoms with Crippen molar-refractivity contribution in [1.29, 1.82) is 0 Å². The average Bonchev–Trinajstić information content (AvgIpc) is 2.42. The molecule has 5 heteroatoms. The maximum absolute atomic E-state index is 11.5. The maximum Gasteiger partial charge on any atom is 0.305 e. The maximum atomic E-state index is 11.5. The largest absolute Gasteiger partial charge is 0.469 e. The zero-order valence-electron chi connectivity index (χ0n) is 10.7. The summed E-state index contributed by atoms with van der Waals surface area (Å²) < 4.78 is 4.50. The molecule has 0 spiro atoms. The van der Waals surface area contributed by atoms with E-state index in [1.54, 1.807) is 18.2 Å². The lowest BCUT2D eigenvalue weighted by atomic mass is 10.2. The number of carbonyl (C=O) groups is 2. The van der Waals surface area contributed by atoms with Crippen LogP contribution < -0.4 is 5.32 Å². The van der Waals surface area contributed by atoms with E-state index in [2.05, 4.69) is 10.1 Å². The number of hydrogen-bond donors (Lipinski definition) is 1. The van der Waals surface area contributed by atoms with Crippen LogP contribution in [-0.2, 0) is 14.3 Å². The first-order chi connectivity index (χ1) is 9.11. The number of ether oxygens (including phenoxy) is 1. The Morgan fingerprint density at radius 3 is 2.63 bits per heavy atom. The third-order valence-corrected chi connectivity index (χ3v) is 2.63. The molecule has 1 rings (SSSR count). The van der Waals surface area contributed by atoms with Gasteiger partial charge in [0.1, 0.15) is 0 Å². The molecule has 4 nitrogen and oxygen atoms in total. The van der Waals surface area contributed by atoms with Gasteiger partial charge in [-0.15, -0.1) is 0 Å². The first-order valence-electron chi connectivity index (χ1n) is 5.90. The Morgan fingerprint density at radius 2 is 2.00 bits per heavy atom. The van der Waals surface area contributed by atoms with Crippen LogP contribution in [0.15, 0.2) is 30.3 Å². The smallest absolute Gasteiger partial charge is 0.305 e.